The molecule has 0 bridgehead atoms. The Morgan fingerprint density at radius 3 is 3.00 bits per heavy atom. The van der Waals surface area contributed by atoms with Crippen molar-refractivity contribution in [1.82, 2.24) is 10.2 Å². The Labute approximate surface area is 147 Å². The van der Waals surface area contributed by atoms with Gasteiger partial charge in [-0.25, -0.2) is 4.79 Å². The van der Waals surface area contributed by atoms with Crippen LogP contribution in [0.25, 0.3) is 11.0 Å². The average molecular weight is 412 g/mol. The average Bonchev–Trinajstić information content (AvgIpc) is 2.94. The standard InChI is InChI=1S/C14H10BrN3O3S2/c1-2-22-14-18-17-13(23-14)16-11(19)9-6-7-5-8(15)3-4-10(7)21-12(9)20/h3-6H,2H2,1H3,(H,16,17,19). The van der Waals surface area contributed by atoms with Crippen LogP contribution >= 0.6 is 39.0 Å². The number of rotatable bonds is 4. The second-order valence-corrected chi connectivity index (χ2v) is 7.79. The van der Waals surface area contributed by atoms with Crippen LogP contribution in [0.2, 0.25) is 0 Å². The SMILES string of the molecule is CCSc1nnc(NC(=O)c2cc3cc(Br)ccc3oc2=O)s1. The lowest BCUT2D eigenvalue weighted by atomic mass is 10.2. The molecule has 9 heteroatoms. The Morgan fingerprint density at radius 2 is 2.22 bits per heavy atom. The first-order valence-corrected chi connectivity index (χ1v) is 9.17. The smallest absolute Gasteiger partial charge is 0.349 e. The zero-order valence-corrected chi connectivity index (χ0v) is 15.0. The van der Waals surface area contributed by atoms with Gasteiger partial charge in [-0.15, -0.1) is 10.2 Å². The van der Waals surface area contributed by atoms with Gasteiger partial charge < -0.3 is 4.42 Å². The van der Waals surface area contributed by atoms with Gasteiger partial charge in [0.2, 0.25) is 5.13 Å². The van der Waals surface area contributed by atoms with Crippen molar-refractivity contribution in [2.45, 2.75) is 11.3 Å². The maximum atomic E-state index is 12.3. The highest BCUT2D eigenvalue weighted by Crippen LogP contribution is 2.25. The van der Waals surface area contributed by atoms with Crippen molar-refractivity contribution in [1.29, 1.82) is 0 Å². The fourth-order valence-electron chi connectivity index (χ4n) is 1.86. The van der Waals surface area contributed by atoms with Crippen LogP contribution in [0.5, 0.6) is 0 Å². The second kappa shape index (κ2) is 6.81. The number of halogens is 1. The minimum absolute atomic E-state index is 0.0736. The fourth-order valence-corrected chi connectivity index (χ4v) is 3.88. The summed E-state index contributed by atoms with van der Waals surface area (Å²) in [4.78, 5) is 24.3. The molecule has 0 aliphatic carbocycles. The zero-order valence-electron chi connectivity index (χ0n) is 11.8. The van der Waals surface area contributed by atoms with Crippen molar-refractivity contribution in [2.75, 3.05) is 11.1 Å². The minimum atomic E-state index is -0.690. The molecule has 1 aromatic carbocycles. The number of fused-ring (bicyclic) bond motifs is 1. The maximum Gasteiger partial charge on any atom is 0.349 e. The van der Waals surface area contributed by atoms with Gasteiger partial charge in [-0.05, 0) is 30.0 Å². The number of nitrogens with one attached hydrogen (secondary N) is 1. The molecule has 1 amide bonds. The molecule has 0 saturated carbocycles. The molecule has 0 spiro atoms. The number of benzene rings is 1. The number of carbonyl (C=O) groups is 1. The third-order valence-corrected chi connectivity index (χ3v) is 5.18. The van der Waals surface area contributed by atoms with Crippen molar-refractivity contribution < 1.29 is 9.21 Å². The topological polar surface area (TPSA) is 85.1 Å². The molecular formula is C14H10BrN3O3S2. The number of carbonyl (C=O) groups excluding carboxylic acids is 1. The molecule has 2 aromatic heterocycles. The molecule has 23 heavy (non-hydrogen) atoms. The highest BCUT2D eigenvalue weighted by molar-refractivity contribution is 9.10. The monoisotopic (exact) mass is 411 g/mol. The van der Waals surface area contributed by atoms with Crippen LogP contribution in [0, 0.1) is 0 Å². The van der Waals surface area contributed by atoms with E-state index >= 15 is 0 Å². The zero-order chi connectivity index (χ0) is 16.4. The summed E-state index contributed by atoms with van der Waals surface area (Å²) in [5.41, 5.74) is -0.340. The van der Waals surface area contributed by atoms with Gasteiger partial charge in [0, 0.05) is 9.86 Å². The first-order chi connectivity index (χ1) is 11.1. The molecule has 0 saturated heterocycles. The van der Waals surface area contributed by atoms with E-state index in [2.05, 4.69) is 31.4 Å². The molecule has 3 rings (SSSR count). The normalized spacial score (nSPS) is 10.9. The van der Waals surface area contributed by atoms with Crippen LogP contribution in [0.1, 0.15) is 17.3 Å². The molecule has 3 aromatic rings. The van der Waals surface area contributed by atoms with Gasteiger partial charge in [0.05, 0.1) is 0 Å². The molecule has 118 valence electrons. The number of aromatic nitrogens is 2. The lowest BCUT2D eigenvalue weighted by Crippen LogP contribution is -2.20. The number of thioether (sulfide) groups is 1. The maximum absolute atomic E-state index is 12.3. The first kappa shape index (κ1) is 16.2. The van der Waals surface area contributed by atoms with E-state index in [9.17, 15) is 9.59 Å². The van der Waals surface area contributed by atoms with Gasteiger partial charge >= 0.3 is 5.63 Å². The number of nitrogens with zero attached hydrogens (tertiary/aromatic N) is 2. The Morgan fingerprint density at radius 1 is 1.39 bits per heavy atom. The van der Waals surface area contributed by atoms with E-state index in [1.54, 1.807) is 18.2 Å². The van der Waals surface area contributed by atoms with Gasteiger partial charge in [0.15, 0.2) is 4.34 Å². The number of anilines is 1. The molecule has 0 unspecified atom stereocenters. The van der Waals surface area contributed by atoms with Gasteiger partial charge in [-0.2, -0.15) is 0 Å². The molecule has 2 heterocycles. The van der Waals surface area contributed by atoms with E-state index in [4.69, 9.17) is 4.42 Å². The summed E-state index contributed by atoms with van der Waals surface area (Å²) in [6.07, 6.45) is 0. The van der Waals surface area contributed by atoms with Crippen LogP contribution in [0.3, 0.4) is 0 Å². The Hall–Kier alpha value is -1.71. The summed E-state index contributed by atoms with van der Waals surface area (Å²) in [7, 11) is 0. The van der Waals surface area contributed by atoms with Gasteiger partial charge in [-0.1, -0.05) is 46.0 Å². The third kappa shape index (κ3) is 3.62. The first-order valence-electron chi connectivity index (χ1n) is 6.58. The van der Waals surface area contributed by atoms with Crippen LogP contribution in [-0.2, 0) is 0 Å². The summed E-state index contributed by atoms with van der Waals surface area (Å²) < 4.78 is 6.77. The van der Waals surface area contributed by atoms with Crippen LogP contribution in [0.15, 0.2) is 42.3 Å². The summed E-state index contributed by atoms with van der Waals surface area (Å²) in [5, 5.41) is 11.4. The predicted molar refractivity (Wildman–Crippen MR) is 94.4 cm³/mol. The van der Waals surface area contributed by atoms with Crippen LogP contribution < -0.4 is 10.9 Å². The summed E-state index contributed by atoms with van der Waals surface area (Å²) in [6, 6.07) is 6.71. The van der Waals surface area contributed by atoms with E-state index in [1.165, 1.54) is 29.2 Å². The fraction of sp³-hybridized carbons (Fsp3) is 0.143. The third-order valence-electron chi connectivity index (χ3n) is 2.83. The molecule has 6 nitrogen and oxygen atoms in total. The number of hydrogen-bond acceptors (Lipinski definition) is 7. The molecule has 0 fully saturated rings. The number of hydrogen-bond donors (Lipinski definition) is 1. The summed E-state index contributed by atoms with van der Waals surface area (Å²) >= 11 is 6.14. The molecule has 0 aliphatic heterocycles. The van der Waals surface area contributed by atoms with E-state index in [0.29, 0.717) is 16.1 Å². The molecule has 0 radical (unpaired) electrons. The lowest BCUT2D eigenvalue weighted by Gasteiger charge is -2.02. The molecule has 0 aliphatic rings. The van der Waals surface area contributed by atoms with E-state index in [1.807, 2.05) is 6.92 Å². The van der Waals surface area contributed by atoms with Crippen LogP contribution in [0.4, 0.5) is 5.13 Å². The highest BCUT2D eigenvalue weighted by Gasteiger charge is 2.16. The molecular weight excluding hydrogens is 402 g/mol. The lowest BCUT2D eigenvalue weighted by molar-refractivity contribution is 0.102. The summed E-state index contributed by atoms with van der Waals surface area (Å²) in [6.45, 7) is 2.00. The van der Waals surface area contributed by atoms with E-state index in [0.717, 1.165) is 14.6 Å². The van der Waals surface area contributed by atoms with Crippen molar-refractivity contribution in [2.24, 2.45) is 0 Å². The van der Waals surface area contributed by atoms with Gasteiger partial charge in [-0.3, -0.25) is 10.1 Å². The van der Waals surface area contributed by atoms with Gasteiger partial charge in [0.1, 0.15) is 11.1 Å². The molecule has 1 N–H and O–H groups in total. The predicted octanol–water partition coefficient (Wildman–Crippen LogP) is 3.77. The number of amides is 1. The molecule has 0 atom stereocenters. The Balaban J connectivity index is 1.90. The largest absolute Gasteiger partial charge is 0.422 e. The Bertz CT molecular complexity index is 938. The van der Waals surface area contributed by atoms with Gasteiger partial charge in [0.25, 0.3) is 5.91 Å². The van der Waals surface area contributed by atoms with Crippen molar-refractivity contribution in [3.63, 3.8) is 0 Å². The van der Waals surface area contributed by atoms with E-state index < -0.39 is 11.5 Å². The van der Waals surface area contributed by atoms with Crippen molar-refractivity contribution in [3.8, 4) is 0 Å². The quantitative estimate of drug-likeness (QED) is 0.399. The van der Waals surface area contributed by atoms with Crippen LogP contribution in [-0.4, -0.2) is 21.9 Å². The van der Waals surface area contributed by atoms with Crippen molar-refractivity contribution in [3.05, 3.63) is 44.7 Å². The second-order valence-electron chi connectivity index (χ2n) is 4.39. The Kier molecular flexibility index (Phi) is 4.79. The highest BCUT2D eigenvalue weighted by atomic mass is 79.9. The van der Waals surface area contributed by atoms with E-state index in [-0.39, 0.29) is 5.56 Å². The van der Waals surface area contributed by atoms with Crippen molar-refractivity contribution >= 4 is 61.0 Å². The summed E-state index contributed by atoms with van der Waals surface area (Å²) in [5.74, 6) is 0.302. The minimum Gasteiger partial charge on any atom is -0.422 e.